The normalized spacial score (nSPS) is 31.3. The van der Waals surface area contributed by atoms with Gasteiger partial charge in [-0.15, -0.1) is 0 Å². The average molecular weight is 272 g/mol. The zero-order valence-corrected chi connectivity index (χ0v) is 11.5. The van der Waals surface area contributed by atoms with Crippen molar-refractivity contribution in [2.45, 2.75) is 38.5 Å². The fourth-order valence-corrected chi connectivity index (χ4v) is 4.27. The molecule has 2 bridgehead atoms. The molecule has 2 atom stereocenters. The molecule has 0 aromatic carbocycles. The summed E-state index contributed by atoms with van der Waals surface area (Å²) >= 11 is 0. The van der Waals surface area contributed by atoms with Crippen molar-refractivity contribution in [1.82, 2.24) is 19.9 Å². The second kappa shape index (κ2) is 3.37. The van der Waals surface area contributed by atoms with Crippen LogP contribution in [0.4, 0.5) is 0 Å². The Morgan fingerprint density at radius 2 is 2.10 bits per heavy atom. The second-order valence-electron chi connectivity index (χ2n) is 6.53. The molecular formula is C14H16N4O2. The lowest BCUT2D eigenvalue weighted by Crippen LogP contribution is -2.41. The van der Waals surface area contributed by atoms with Crippen LogP contribution >= 0.6 is 0 Å². The maximum atomic E-state index is 12.6. The van der Waals surface area contributed by atoms with Gasteiger partial charge in [0.2, 0.25) is 0 Å². The van der Waals surface area contributed by atoms with Crippen LogP contribution in [0.5, 0.6) is 0 Å². The molecule has 20 heavy (non-hydrogen) atoms. The third kappa shape index (κ3) is 1.15. The number of Topliss-reactive ketones (excluding diaryl/α,β-unsaturated/α-hetero) is 1. The van der Waals surface area contributed by atoms with Crippen molar-refractivity contribution in [3.05, 3.63) is 22.5 Å². The summed E-state index contributed by atoms with van der Waals surface area (Å²) in [6.07, 6.45) is 4.00. The van der Waals surface area contributed by atoms with Crippen LogP contribution in [0.3, 0.4) is 0 Å². The molecule has 0 amide bonds. The molecular weight excluding hydrogens is 256 g/mol. The van der Waals surface area contributed by atoms with Gasteiger partial charge in [0.05, 0.1) is 11.6 Å². The number of carbonyl (C=O) groups is 1. The Morgan fingerprint density at radius 1 is 1.30 bits per heavy atom. The minimum atomic E-state index is -0.534. The van der Waals surface area contributed by atoms with E-state index < -0.39 is 11.1 Å². The monoisotopic (exact) mass is 272 g/mol. The summed E-state index contributed by atoms with van der Waals surface area (Å²) in [6.45, 7) is 4.31. The number of hydrogen-bond acceptors (Lipinski definition) is 4. The summed E-state index contributed by atoms with van der Waals surface area (Å²) in [4.78, 5) is 37.9. The first-order valence-electron chi connectivity index (χ1n) is 6.94. The van der Waals surface area contributed by atoms with E-state index in [9.17, 15) is 9.59 Å². The molecule has 2 heterocycles. The highest BCUT2D eigenvalue weighted by Crippen LogP contribution is 2.63. The summed E-state index contributed by atoms with van der Waals surface area (Å²) in [7, 11) is 0. The number of aromatic nitrogens is 4. The number of nitrogens with one attached hydrogen (secondary N) is 2. The Hall–Kier alpha value is -1.98. The number of hydrogen-bond donors (Lipinski definition) is 2. The smallest absolute Gasteiger partial charge is 0.339 e. The molecule has 0 radical (unpaired) electrons. The van der Waals surface area contributed by atoms with Crippen molar-refractivity contribution in [3.8, 4) is 0 Å². The number of nitrogens with zero attached hydrogens (tertiary/aromatic N) is 2. The van der Waals surface area contributed by atoms with Gasteiger partial charge in [-0.1, -0.05) is 13.8 Å². The third-order valence-corrected chi connectivity index (χ3v) is 5.57. The number of H-pyrrole nitrogens is 2. The van der Waals surface area contributed by atoms with Gasteiger partial charge in [0.25, 0.3) is 0 Å². The van der Waals surface area contributed by atoms with Crippen LogP contribution in [0.2, 0.25) is 0 Å². The van der Waals surface area contributed by atoms with Crippen LogP contribution < -0.4 is 5.69 Å². The van der Waals surface area contributed by atoms with Crippen molar-refractivity contribution in [2.75, 3.05) is 0 Å². The van der Waals surface area contributed by atoms with Crippen molar-refractivity contribution in [3.63, 3.8) is 0 Å². The zero-order valence-electron chi connectivity index (χ0n) is 11.5. The van der Waals surface area contributed by atoms with Gasteiger partial charge in [-0.25, -0.2) is 9.78 Å². The minimum absolute atomic E-state index is 0.0916. The highest BCUT2D eigenvalue weighted by Gasteiger charge is 2.66. The molecule has 6 nitrogen and oxygen atoms in total. The van der Waals surface area contributed by atoms with Crippen LogP contribution in [0, 0.1) is 11.3 Å². The number of ketones is 1. The highest BCUT2D eigenvalue weighted by atomic mass is 16.1. The molecule has 2 unspecified atom stereocenters. The molecule has 2 aliphatic rings. The van der Waals surface area contributed by atoms with Gasteiger partial charge < -0.3 is 4.98 Å². The van der Waals surface area contributed by atoms with Crippen LogP contribution in [0.25, 0.3) is 11.2 Å². The SMILES string of the molecule is CC1(C)C2CCC1(c1nc3[nH]c(=O)ncc3[nH]1)C(=O)C2. The lowest BCUT2D eigenvalue weighted by atomic mass is 9.68. The molecule has 2 aromatic rings. The Bertz CT molecular complexity index is 788. The average Bonchev–Trinajstić information content (AvgIpc) is 2.96. The standard InChI is InChI=1S/C14H16N4O2/c1-13(2)7-3-4-14(13,9(19)5-7)11-16-8-6-15-12(20)18-10(8)17-11/h6-7H,3-5H2,1-2H3,(H2,15,16,17,18,20). The second-order valence-corrected chi connectivity index (χ2v) is 6.53. The van der Waals surface area contributed by atoms with E-state index >= 15 is 0 Å². The van der Waals surface area contributed by atoms with Gasteiger partial charge in [0, 0.05) is 6.42 Å². The number of fused-ring (bicyclic) bond motifs is 3. The number of aromatic amines is 2. The Balaban J connectivity index is 1.98. The van der Waals surface area contributed by atoms with Gasteiger partial charge in [-0.3, -0.25) is 9.78 Å². The molecule has 4 rings (SSSR count). The quantitative estimate of drug-likeness (QED) is 0.818. The van der Waals surface area contributed by atoms with E-state index in [4.69, 9.17) is 0 Å². The van der Waals surface area contributed by atoms with E-state index in [-0.39, 0.29) is 11.2 Å². The van der Waals surface area contributed by atoms with E-state index in [1.54, 1.807) is 0 Å². The summed E-state index contributed by atoms with van der Waals surface area (Å²) in [5.41, 5.74) is 0.106. The van der Waals surface area contributed by atoms with Gasteiger partial charge in [-0.2, -0.15) is 4.98 Å². The summed E-state index contributed by atoms with van der Waals surface area (Å²) < 4.78 is 0. The predicted octanol–water partition coefficient (Wildman–Crippen LogP) is 1.29. The van der Waals surface area contributed by atoms with E-state index in [1.807, 2.05) is 0 Å². The van der Waals surface area contributed by atoms with Crippen molar-refractivity contribution < 1.29 is 4.79 Å². The molecule has 0 saturated heterocycles. The van der Waals surface area contributed by atoms with Crippen molar-refractivity contribution >= 4 is 16.9 Å². The zero-order chi connectivity index (χ0) is 14.1. The minimum Gasteiger partial charge on any atom is -0.339 e. The van der Waals surface area contributed by atoms with E-state index in [0.717, 1.165) is 12.8 Å². The highest BCUT2D eigenvalue weighted by molar-refractivity contribution is 5.94. The maximum Gasteiger partial charge on any atom is 0.346 e. The number of imidazole rings is 1. The molecule has 2 fully saturated rings. The van der Waals surface area contributed by atoms with Crippen molar-refractivity contribution in [1.29, 1.82) is 0 Å². The summed E-state index contributed by atoms with van der Waals surface area (Å²) in [5.74, 6) is 1.39. The van der Waals surface area contributed by atoms with E-state index in [2.05, 4.69) is 33.8 Å². The lowest BCUT2D eigenvalue weighted by Gasteiger charge is -2.34. The number of carbonyl (C=O) groups excluding carboxylic acids is 1. The molecule has 2 aromatic heterocycles. The Kier molecular flexibility index (Phi) is 1.99. The fourth-order valence-electron chi connectivity index (χ4n) is 4.27. The summed E-state index contributed by atoms with van der Waals surface area (Å²) in [5, 5.41) is 0. The topological polar surface area (TPSA) is 91.5 Å². The molecule has 104 valence electrons. The van der Waals surface area contributed by atoms with Crippen LogP contribution in [-0.4, -0.2) is 25.7 Å². The lowest BCUT2D eigenvalue weighted by molar-refractivity contribution is -0.124. The van der Waals surface area contributed by atoms with Gasteiger partial charge in [0.15, 0.2) is 5.65 Å². The number of rotatable bonds is 1. The maximum absolute atomic E-state index is 12.6. The Morgan fingerprint density at radius 3 is 2.75 bits per heavy atom. The van der Waals surface area contributed by atoms with Gasteiger partial charge >= 0.3 is 5.69 Å². The predicted molar refractivity (Wildman–Crippen MR) is 72.3 cm³/mol. The molecule has 2 N–H and O–H groups in total. The third-order valence-electron chi connectivity index (χ3n) is 5.57. The molecule has 0 aliphatic heterocycles. The fraction of sp³-hybridized carbons (Fsp3) is 0.571. The van der Waals surface area contributed by atoms with E-state index in [0.29, 0.717) is 29.3 Å². The molecule has 2 saturated carbocycles. The van der Waals surface area contributed by atoms with Gasteiger partial charge in [-0.05, 0) is 24.2 Å². The molecule has 2 aliphatic carbocycles. The van der Waals surface area contributed by atoms with Crippen LogP contribution in [0.1, 0.15) is 38.9 Å². The van der Waals surface area contributed by atoms with Crippen LogP contribution in [0.15, 0.2) is 11.0 Å². The Labute approximate surface area is 115 Å². The van der Waals surface area contributed by atoms with Crippen LogP contribution in [-0.2, 0) is 10.2 Å². The molecule has 6 heteroatoms. The van der Waals surface area contributed by atoms with E-state index in [1.165, 1.54) is 6.20 Å². The van der Waals surface area contributed by atoms with Crippen molar-refractivity contribution in [2.24, 2.45) is 11.3 Å². The first-order chi connectivity index (χ1) is 9.45. The first kappa shape index (κ1) is 11.8. The summed E-state index contributed by atoms with van der Waals surface area (Å²) in [6, 6.07) is 0. The first-order valence-corrected chi connectivity index (χ1v) is 6.94. The molecule has 0 spiro atoms. The van der Waals surface area contributed by atoms with Gasteiger partial charge in [0.1, 0.15) is 17.1 Å². The largest absolute Gasteiger partial charge is 0.346 e.